The largest absolute Gasteiger partial charge is 0.346 e. The molecule has 1 atom stereocenters. The minimum absolute atomic E-state index is 0.114. The van der Waals surface area contributed by atoms with Crippen molar-refractivity contribution in [3.8, 4) is 0 Å². The van der Waals surface area contributed by atoms with Crippen LogP contribution in [0.25, 0.3) is 10.9 Å². The average Bonchev–Trinajstić information content (AvgIpc) is 3.04. The fraction of sp³-hybridized carbons (Fsp3) is 0.500. The van der Waals surface area contributed by atoms with E-state index in [0.717, 1.165) is 29.9 Å². The molecule has 3 rings (SSSR count). The van der Waals surface area contributed by atoms with E-state index in [1.807, 2.05) is 30.5 Å². The van der Waals surface area contributed by atoms with E-state index < -0.39 is 0 Å². The van der Waals surface area contributed by atoms with Crippen LogP contribution in [0, 0.1) is 5.92 Å². The normalized spacial score (nSPS) is 17.4. The first kappa shape index (κ1) is 14.3. The van der Waals surface area contributed by atoms with Gasteiger partial charge in [-0.25, -0.2) is 0 Å². The predicted molar refractivity (Wildman–Crippen MR) is 87.6 cm³/mol. The Bertz CT molecular complexity index is 656. The molecule has 0 aliphatic heterocycles. The highest BCUT2D eigenvalue weighted by Crippen LogP contribution is 2.28. The molecule has 21 heavy (non-hydrogen) atoms. The van der Waals surface area contributed by atoms with Crippen molar-refractivity contribution in [1.29, 1.82) is 0 Å². The van der Waals surface area contributed by atoms with Crippen molar-refractivity contribution in [2.45, 2.75) is 45.2 Å². The summed E-state index contributed by atoms with van der Waals surface area (Å²) in [7, 11) is 0. The van der Waals surface area contributed by atoms with Crippen LogP contribution in [-0.4, -0.2) is 17.2 Å². The zero-order valence-electron chi connectivity index (χ0n) is 12.7. The monoisotopic (exact) mass is 284 g/mol. The molecule has 0 saturated heterocycles. The number of nitrogens with one attached hydrogen (secondary N) is 1. The molecule has 1 N–H and O–H groups in total. The van der Waals surface area contributed by atoms with Crippen LogP contribution in [0.5, 0.6) is 0 Å². The summed E-state index contributed by atoms with van der Waals surface area (Å²) < 4.78 is 2.24. The number of benzene rings is 1. The molecular weight excluding hydrogens is 260 g/mol. The first-order valence-corrected chi connectivity index (χ1v) is 8.11. The van der Waals surface area contributed by atoms with Gasteiger partial charge in [0.2, 0.25) is 0 Å². The molecule has 1 aromatic heterocycles. The Morgan fingerprint density at radius 1 is 1.24 bits per heavy atom. The van der Waals surface area contributed by atoms with Crippen molar-refractivity contribution in [2.24, 2.45) is 5.92 Å². The van der Waals surface area contributed by atoms with Crippen LogP contribution in [0.1, 0.15) is 32.6 Å². The highest BCUT2D eigenvalue weighted by molar-refractivity contribution is 5.78. The summed E-state index contributed by atoms with van der Waals surface area (Å²) in [6.45, 7) is 4.12. The summed E-state index contributed by atoms with van der Waals surface area (Å²) in [4.78, 5) is 12.0. The van der Waals surface area contributed by atoms with Crippen molar-refractivity contribution in [3.63, 3.8) is 0 Å². The Balaban J connectivity index is 1.92. The molecule has 0 radical (unpaired) electrons. The molecule has 1 aromatic carbocycles. The van der Waals surface area contributed by atoms with Crippen LogP contribution in [0.2, 0.25) is 0 Å². The molecule has 2 aromatic rings. The number of likely N-dealkylation sites (N-methyl/N-ethyl adjacent to an activating group) is 1. The summed E-state index contributed by atoms with van der Waals surface area (Å²) >= 11 is 0. The van der Waals surface area contributed by atoms with E-state index >= 15 is 0 Å². The number of rotatable bonds is 5. The quantitative estimate of drug-likeness (QED) is 0.915. The van der Waals surface area contributed by atoms with E-state index in [1.165, 1.54) is 25.7 Å². The Morgan fingerprint density at radius 3 is 2.76 bits per heavy atom. The SMILES string of the molecule is CCNC(Cn1ccc(=O)c2ccccc21)C1CCCC1. The van der Waals surface area contributed by atoms with E-state index in [9.17, 15) is 4.79 Å². The molecule has 0 spiro atoms. The van der Waals surface area contributed by atoms with Gasteiger partial charge in [-0.2, -0.15) is 0 Å². The third kappa shape index (κ3) is 3.03. The maximum atomic E-state index is 12.0. The Labute approximate surface area is 126 Å². The summed E-state index contributed by atoms with van der Waals surface area (Å²) in [5, 5.41) is 4.47. The topological polar surface area (TPSA) is 34.0 Å². The van der Waals surface area contributed by atoms with E-state index in [1.54, 1.807) is 6.07 Å². The summed E-state index contributed by atoms with van der Waals surface area (Å²) in [5.74, 6) is 0.767. The van der Waals surface area contributed by atoms with Gasteiger partial charge in [0, 0.05) is 30.2 Å². The van der Waals surface area contributed by atoms with Crippen LogP contribution >= 0.6 is 0 Å². The maximum Gasteiger partial charge on any atom is 0.189 e. The molecule has 3 nitrogen and oxygen atoms in total. The van der Waals surface area contributed by atoms with Gasteiger partial charge >= 0.3 is 0 Å². The summed E-state index contributed by atoms with van der Waals surface area (Å²) in [5.41, 5.74) is 1.16. The Hall–Kier alpha value is -1.61. The van der Waals surface area contributed by atoms with Crippen LogP contribution in [0.4, 0.5) is 0 Å². The highest BCUT2D eigenvalue weighted by atomic mass is 16.1. The van der Waals surface area contributed by atoms with Crippen LogP contribution in [0.15, 0.2) is 41.3 Å². The molecule has 112 valence electrons. The number of nitrogens with zero attached hydrogens (tertiary/aromatic N) is 1. The maximum absolute atomic E-state index is 12.0. The van der Waals surface area contributed by atoms with Gasteiger partial charge in [0.25, 0.3) is 0 Å². The molecule has 0 bridgehead atoms. The minimum Gasteiger partial charge on any atom is -0.346 e. The third-order valence-electron chi connectivity index (χ3n) is 4.71. The minimum atomic E-state index is 0.114. The van der Waals surface area contributed by atoms with Crippen LogP contribution in [-0.2, 0) is 6.54 Å². The van der Waals surface area contributed by atoms with Gasteiger partial charge in [-0.1, -0.05) is 31.9 Å². The zero-order valence-corrected chi connectivity index (χ0v) is 12.7. The molecule has 3 heteroatoms. The van der Waals surface area contributed by atoms with Crippen molar-refractivity contribution < 1.29 is 0 Å². The first-order chi connectivity index (χ1) is 10.3. The average molecular weight is 284 g/mol. The van der Waals surface area contributed by atoms with Crippen LogP contribution < -0.4 is 10.7 Å². The second-order valence-corrected chi connectivity index (χ2v) is 6.06. The fourth-order valence-electron chi connectivity index (χ4n) is 3.63. The summed E-state index contributed by atoms with van der Waals surface area (Å²) in [6.07, 6.45) is 7.32. The Kier molecular flexibility index (Phi) is 4.39. The predicted octanol–water partition coefficient (Wildman–Crippen LogP) is 3.17. The molecule has 1 aliphatic carbocycles. The number of aromatic nitrogens is 1. The number of para-hydroxylation sites is 1. The smallest absolute Gasteiger partial charge is 0.189 e. The molecule has 1 unspecified atom stereocenters. The molecule has 1 saturated carbocycles. The Morgan fingerprint density at radius 2 is 2.00 bits per heavy atom. The standard InChI is InChI=1S/C18H24N2O/c1-2-19-16(14-7-3-4-8-14)13-20-12-11-18(21)15-9-5-6-10-17(15)20/h5-6,9-12,14,16,19H,2-4,7-8,13H2,1H3. The van der Waals surface area contributed by atoms with Gasteiger partial charge in [-0.3, -0.25) is 4.79 Å². The van der Waals surface area contributed by atoms with Gasteiger partial charge in [0.05, 0.1) is 5.52 Å². The summed E-state index contributed by atoms with van der Waals surface area (Å²) in [6, 6.07) is 10.1. The van der Waals surface area contributed by atoms with Crippen molar-refractivity contribution in [3.05, 3.63) is 46.8 Å². The van der Waals surface area contributed by atoms with Crippen molar-refractivity contribution >= 4 is 10.9 Å². The van der Waals surface area contributed by atoms with E-state index in [2.05, 4.69) is 16.8 Å². The molecule has 0 amide bonds. The molecular formula is C18H24N2O. The third-order valence-corrected chi connectivity index (χ3v) is 4.71. The van der Waals surface area contributed by atoms with E-state index in [0.29, 0.717) is 6.04 Å². The van der Waals surface area contributed by atoms with Gasteiger partial charge in [-0.15, -0.1) is 0 Å². The van der Waals surface area contributed by atoms with Gasteiger partial charge in [0.15, 0.2) is 5.43 Å². The van der Waals surface area contributed by atoms with Gasteiger partial charge in [-0.05, 0) is 37.4 Å². The van der Waals surface area contributed by atoms with Crippen LogP contribution in [0.3, 0.4) is 0 Å². The highest BCUT2D eigenvalue weighted by Gasteiger charge is 2.24. The second-order valence-electron chi connectivity index (χ2n) is 6.06. The number of hydrogen-bond donors (Lipinski definition) is 1. The lowest BCUT2D eigenvalue weighted by atomic mass is 9.97. The number of hydrogen-bond acceptors (Lipinski definition) is 2. The number of fused-ring (bicyclic) bond motifs is 1. The lowest BCUT2D eigenvalue weighted by Crippen LogP contribution is -2.39. The fourth-order valence-corrected chi connectivity index (χ4v) is 3.63. The zero-order chi connectivity index (χ0) is 14.7. The molecule has 1 aliphatic rings. The van der Waals surface area contributed by atoms with Crippen molar-refractivity contribution in [1.82, 2.24) is 9.88 Å². The van der Waals surface area contributed by atoms with Gasteiger partial charge < -0.3 is 9.88 Å². The molecule has 1 heterocycles. The van der Waals surface area contributed by atoms with Crippen molar-refractivity contribution in [2.75, 3.05) is 6.54 Å². The number of pyridine rings is 1. The van der Waals surface area contributed by atoms with E-state index in [4.69, 9.17) is 0 Å². The lowest BCUT2D eigenvalue weighted by molar-refractivity contribution is 0.330. The lowest BCUT2D eigenvalue weighted by Gasteiger charge is -2.26. The van der Waals surface area contributed by atoms with E-state index in [-0.39, 0.29) is 5.43 Å². The van der Waals surface area contributed by atoms with Gasteiger partial charge in [0.1, 0.15) is 0 Å². The first-order valence-electron chi connectivity index (χ1n) is 8.11. The second kappa shape index (κ2) is 6.44. The molecule has 1 fully saturated rings.